The van der Waals surface area contributed by atoms with Crippen molar-refractivity contribution in [1.82, 2.24) is 9.88 Å². The topological polar surface area (TPSA) is 34.6 Å². The Labute approximate surface area is 144 Å². The Hall–Kier alpha value is -1.91. The molecule has 0 N–H and O–H groups in total. The summed E-state index contributed by atoms with van der Waals surface area (Å²) in [5.74, 6) is 1.41. The molecule has 1 saturated heterocycles. The fourth-order valence-corrected chi connectivity index (χ4v) is 3.52. The summed E-state index contributed by atoms with van der Waals surface area (Å²) in [5, 5.41) is 0. The van der Waals surface area contributed by atoms with Crippen LogP contribution in [0.3, 0.4) is 0 Å². The van der Waals surface area contributed by atoms with Crippen molar-refractivity contribution in [2.75, 3.05) is 27.3 Å². The van der Waals surface area contributed by atoms with E-state index in [9.17, 15) is 0 Å². The van der Waals surface area contributed by atoms with E-state index in [-0.39, 0.29) is 0 Å². The number of benzene rings is 1. The number of aromatic nitrogens is 1. The maximum Gasteiger partial charge on any atom is 0.118 e. The molecule has 2 heterocycles. The van der Waals surface area contributed by atoms with Crippen molar-refractivity contribution in [3.8, 4) is 5.75 Å². The molecule has 0 radical (unpaired) electrons. The minimum atomic E-state index is 0.326. The third-order valence-corrected chi connectivity index (χ3v) is 4.82. The van der Waals surface area contributed by atoms with E-state index in [1.165, 1.54) is 5.56 Å². The Balaban J connectivity index is 1.64. The van der Waals surface area contributed by atoms with Crippen LogP contribution in [0.25, 0.3) is 0 Å². The summed E-state index contributed by atoms with van der Waals surface area (Å²) in [6.45, 7) is 3.02. The molecule has 0 bridgehead atoms. The Morgan fingerprint density at radius 2 is 1.96 bits per heavy atom. The molecular formula is C20H26N2O2. The van der Waals surface area contributed by atoms with Crippen molar-refractivity contribution in [2.45, 2.75) is 25.5 Å². The molecule has 4 nitrogen and oxygen atoms in total. The van der Waals surface area contributed by atoms with E-state index in [4.69, 9.17) is 9.47 Å². The molecule has 0 aliphatic carbocycles. The zero-order valence-electron chi connectivity index (χ0n) is 14.5. The molecule has 1 aliphatic rings. The van der Waals surface area contributed by atoms with Gasteiger partial charge in [0.2, 0.25) is 0 Å². The lowest BCUT2D eigenvalue weighted by Gasteiger charge is -2.38. The molecule has 0 saturated carbocycles. The molecule has 0 unspecified atom stereocenters. The van der Waals surface area contributed by atoms with Gasteiger partial charge in [-0.05, 0) is 42.7 Å². The van der Waals surface area contributed by atoms with Gasteiger partial charge in [0.25, 0.3) is 0 Å². The number of pyridine rings is 1. The first-order valence-corrected chi connectivity index (χ1v) is 8.56. The highest BCUT2D eigenvalue weighted by atomic mass is 16.5. The number of hydrogen-bond acceptors (Lipinski definition) is 4. The fraction of sp³-hybridized carbons (Fsp3) is 0.450. The zero-order valence-corrected chi connectivity index (χ0v) is 14.5. The van der Waals surface area contributed by atoms with Crippen molar-refractivity contribution < 1.29 is 9.47 Å². The molecule has 0 amide bonds. The van der Waals surface area contributed by atoms with Crippen LogP contribution < -0.4 is 4.74 Å². The van der Waals surface area contributed by atoms with E-state index in [0.717, 1.165) is 43.9 Å². The van der Waals surface area contributed by atoms with Crippen molar-refractivity contribution in [1.29, 1.82) is 0 Å². The second-order valence-corrected chi connectivity index (χ2v) is 6.43. The number of ether oxygens (including phenoxy) is 2. The van der Waals surface area contributed by atoms with Gasteiger partial charge >= 0.3 is 0 Å². The SMILES string of the molecule is COc1ccc(C[C@@H]2CN(Cc3ccccn3)CC[C@H]2OC)cc1. The number of rotatable bonds is 6. The number of piperidine rings is 1. The standard InChI is InChI=1S/C20H26N2O2/c1-23-19-8-6-16(7-9-19)13-17-14-22(12-10-20(17)24-2)15-18-5-3-4-11-21-18/h3-9,11,17,20H,10,12-15H2,1-2H3/t17-,20-/m1/s1. The summed E-state index contributed by atoms with van der Waals surface area (Å²) in [7, 11) is 3.53. The zero-order chi connectivity index (χ0) is 16.8. The Bertz CT molecular complexity index is 615. The molecule has 4 heteroatoms. The van der Waals surface area contributed by atoms with Crippen LogP contribution >= 0.6 is 0 Å². The molecular weight excluding hydrogens is 300 g/mol. The molecule has 128 valence electrons. The largest absolute Gasteiger partial charge is 0.497 e. The maximum atomic E-state index is 5.75. The highest BCUT2D eigenvalue weighted by molar-refractivity contribution is 5.27. The van der Waals surface area contributed by atoms with E-state index in [1.807, 2.05) is 31.5 Å². The molecule has 1 fully saturated rings. The van der Waals surface area contributed by atoms with E-state index >= 15 is 0 Å². The predicted octanol–water partition coefficient (Wildman–Crippen LogP) is 3.17. The van der Waals surface area contributed by atoms with Gasteiger partial charge in [-0.15, -0.1) is 0 Å². The number of likely N-dealkylation sites (tertiary alicyclic amines) is 1. The molecule has 24 heavy (non-hydrogen) atoms. The lowest BCUT2D eigenvalue weighted by molar-refractivity contribution is -0.00878. The number of hydrogen-bond donors (Lipinski definition) is 0. The van der Waals surface area contributed by atoms with Crippen LogP contribution in [0.5, 0.6) is 5.75 Å². The van der Waals surface area contributed by atoms with E-state index in [2.05, 4.69) is 34.1 Å². The second-order valence-electron chi connectivity index (χ2n) is 6.43. The molecule has 2 aromatic rings. The third kappa shape index (κ3) is 4.34. The molecule has 1 aromatic carbocycles. The summed E-state index contributed by atoms with van der Waals surface area (Å²) in [6, 6.07) is 14.5. The summed E-state index contributed by atoms with van der Waals surface area (Å²) >= 11 is 0. The van der Waals surface area contributed by atoms with Gasteiger partial charge in [-0.25, -0.2) is 0 Å². The Morgan fingerprint density at radius 1 is 1.12 bits per heavy atom. The van der Waals surface area contributed by atoms with Crippen molar-refractivity contribution in [3.63, 3.8) is 0 Å². The summed E-state index contributed by atoms with van der Waals surface area (Å²) in [6.07, 6.45) is 4.30. The van der Waals surface area contributed by atoms with Crippen molar-refractivity contribution in [2.24, 2.45) is 5.92 Å². The average molecular weight is 326 g/mol. The van der Waals surface area contributed by atoms with Gasteiger partial charge in [0.15, 0.2) is 0 Å². The summed E-state index contributed by atoms with van der Waals surface area (Å²) in [4.78, 5) is 6.95. The average Bonchev–Trinajstić information content (AvgIpc) is 2.63. The molecule has 1 aromatic heterocycles. The first kappa shape index (κ1) is 16.9. The Kier molecular flexibility index (Phi) is 5.83. The lowest BCUT2D eigenvalue weighted by atomic mass is 9.88. The van der Waals surface area contributed by atoms with E-state index in [1.54, 1.807) is 7.11 Å². The first-order chi connectivity index (χ1) is 11.8. The molecule has 2 atom stereocenters. The van der Waals surface area contributed by atoms with Crippen LogP contribution in [-0.2, 0) is 17.7 Å². The summed E-state index contributed by atoms with van der Waals surface area (Å²) in [5.41, 5.74) is 2.47. The second kappa shape index (κ2) is 8.27. The van der Waals surface area contributed by atoms with Gasteiger partial charge in [-0.1, -0.05) is 18.2 Å². The lowest BCUT2D eigenvalue weighted by Crippen LogP contribution is -2.44. The van der Waals surface area contributed by atoms with Gasteiger partial charge in [0.05, 0.1) is 18.9 Å². The fourth-order valence-electron chi connectivity index (χ4n) is 3.52. The predicted molar refractivity (Wildman–Crippen MR) is 95.1 cm³/mol. The first-order valence-electron chi connectivity index (χ1n) is 8.56. The highest BCUT2D eigenvalue weighted by Crippen LogP contribution is 2.25. The summed E-state index contributed by atoms with van der Waals surface area (Å²) < 4.78 is 11.0. The normalized spacial score (nSPS) is 21.6. The quantitative estimate of drug-likeness (QED) is 0.817. The number of nitrogens with zero attached hydrogens (tertiary/aromatic N) is 2. The molecule has 3 rings (SSSR count). The molecule has 0 spiro atoms. The van der Waals surface area contributed by atoms with Crippen LogP contribution in [0, 0.1) is 5.92 Å². The van der Waals surface area contributed by atoms with Gasteiger partial charge < -0.3 is 9.47 Å². The van der Waals surface area contributed by atoms with Crippen molar-refractivity contribution in [3.05, 3.63) is 59.9 Å². The van der Waals surface area contributed by atoms with Gasteiger partial charge in [0, 0.05) is 38.9 Å². The van der Waals surface area contributed by atoms with Crippen LogP contribution in [0.4, 0.5) is 0 Å². The monoisotopic (exact) mass is 326 g/mol. The maximum absolute atomic E-state index is 5.75. The van der Waals surface area contributed by atoms with Gasteiger partial charge in [0.1, 0.15) is 5.75 Å². The van der Waals surface area contributed by atoms with E-state index < -0.39 is 0 Å². The minimum absolute atomic E-state index is 0.326. The number of methoxy groups -OCH3 is 2. The highest BCUT2D eigenvalue weighted by Gasteiger charge is 2.29. The van der Waals surface area contributed by atoms with Crippen LogP contribution in [0.2, 0.25) is 0 Å². The third-order valence-electron chi connectivity index (χ3n) is 4.82. The van der Waals surface area contributed by atoms with Gasteiger partial charge in [-0.3, -0.25) is 9.88 Å². The Morgan fingerprint density at radius 3 is 2.62 bits per heavy atom. The van der Waals surface area contributed by atoms with Crippen LogP contribution in [0.15, 0.2) is 48.7 Å². The van der Waals surface area contributed by atoms with E-state index in [0.29, 0.717) is 12.0 Å². The van der Waals surface area contributed by atoms with Crippen molar-refractivity contribution >= 4 is 0 Å². The smallest absolute Gasteiger partial charge is 0.118 e. The van der Waals surface area contributed by atoms with Crippen LogP contribution in [0.1, 0.15) is 17.7 Å². The minimum Gasteiger partial charge on any atom is -0.497 e. The van der Waals surface area contributed by atoms with Crippen LogP contribution in [-0.4, -0.2) is 43.3 Å². The van der Waals surface area contributed by atoms with Gasteiger partial charge in [-0.2, -0.15) is 0 Å². The molecule has 1 aliphatic heterocycles.